The monoisotopic (exact) mass is 334 g/mol. The average Bonchev–Trinajstić information content (AvgIpc) is 3.39. The van der Waals surface area contributed by atoms with Gasteiger partial charge >= 0.3 is 0 Å². The number of anilines is 1. The van der Waals surface area contributed by atoms with Crippen LogP contribution >= 0.6 is 0 Å². The molecule has 1 amide bonds. The second-order valence-electron chi connectivity index (χ2n) is 6.43. The molecular weight excluding hydrogens is 312 g/mol. The number of benzene rings is 1. The SMILES string of the molecule is Cc1cc(C(=O)NCC2CN(C3CC3)CCO2)c(N)c([N+](=O)[O-])c1. The van der Waals surface area contributed by atoms with Crippen LogP contribution in [-0.2, 0) is 4.74 Å². The van der Waals surface area contributed by atoms with E-state index in [2.05, 4.69) is 10.2 Å². The Morgan fingerprint density at radius 1 is 1.50 bits per heavy atom. The molecule has 3 N–H and O–H groups in total. The zero-order valence-corrected chi connectivity index (χ0v) is 13.7. The number of ether oxygens (including phenoxy) is 1. The van der Waals surface area contributed by atoms with E-state index in [0.717, 1.165) is 13.1 Å². The highest BCUT2D eigenvalue weighted by Gasteiger charge is 2.33. The number of nitrogens with one attached hydrogen (secondary N) is 1. The van der Waals surface area contributed by atoms with Crippen LogP contribution in [0, 0.1) is 17.0 Å². The molecule has 8 heteroatoms. The first-order valence-electron chi connectivity index (χ1n) is 8.14. The van der Waals surface area contributed by atoms with Crippen LogP contribution in [-0.4, -0.2) is 54.1 Å². The third-order valence-corrected chi connectivity index (χ3v) is 4.47. The van der Waals surface area contributed by atoms with E-state index < -0.39 is 10.8 Å². The first-order chi connectivity index (χ1) is 11.5. The van der Waals surface area contributed by atoms with Gasteiger partial charge in [-0.1, -0.05) is 0 Å². The molecule has 1 saturated carbocycles. The molecule has 1 saturated heterocycles. The highest BCUT2D eigenvalue weighted by molar-refractivity contribution is 6.01. The molecule has 0 aromatic heterocycles. The van der Waals surface area contributed by atoms with Gasteiger partial charge in [0.05, 0.1) is 23.2 Å². The van der Waals surface area contributed by atoms with E-state index in [1.54, 1.807) is 13.0 Å². The third kappa shape index (κ3) is 3.65. The Hall–Kier alpha value is -2.19. The van der Waals surface area contributed by atoms with Crippen molar-refractivity contribution < 1.29 is 14.5 Å². The molecule has 8 nitrogen and oxygen atoms in total. The second kappa shape index (κ2) is 6.74. The van der Waals surface area contributed by atoms with Crippen LogP contribution in [0.1, 0.15) is 28.8 Å². The molecule has 0 bridgehead atoms. The Morgan fingerprint density at radius 3 is 2.92 bits per heavy atom. The highest BCUT2D eigenvalue weighted by atomic mass is 16.6. The Morgan fingerprint density at radius 2 is 2.25 bits per heavy atom. The number of nitrogens with zero attached hydrogens (tertiary/aromatic N) is 2. The molecule has 1 atom stereocenters. The van der Waals surface area contributed by atoms with Crippen molar-refractivity contribution in [2.24, 2.45) is 0 Å². The van der Waals surface area contributed by atoms with E-state index in [1.807, 2.05) is 0 Å². The molecule has 1 unspecified atom stereocenters. The first kappa shape index (κ1) is 16.7. The molecule has 24 heavy (non-hydrogen) atoms. The minimum absolute atomic E-state index is 0.0654. The number of rotatable bonds is 5. The molecule has 0 spiro atoms. The van der Waals surface area contributed by atoms with Gasteiger partial charge in [0.2, 0.25) is 0 Å². The Labute approximate surface area is 140 Å². The lowest BCUT2D eigenvalue weighted by atomic mass is 10.1. The number of carbonyl (C=O) groups is 1. The molecule has 1 heterocycles. The van der Waals surface area contributed by atoms with E-state index in [9.17, 15) is 14.9 Å². The third-order valence-electron chi connectivity index (χ3n) is 4.47. The largest absolute Gasteiger partial charge is 0.393 e. The second-order valence-corrected chi connectivity index (χ2v) is 6.43. The zero-order valence-electron chi connectivity index (χ0n) is 13.7. The zero-order chi connectivity index (χ0) is 17.3. The number of carbonyl (C=O) groups excluding carboxylic acids is 1. The standard InChI is InChI=1S/C16H22N4O4/c1-10-6-13(15(17)14(7-10)20(22)23)16(21)18-8-12-9-19(4-5-24-12)11-2-3-11/h6-7,11-12H,2-5,8-9,17H2,1H3,(H,18,21). The van der Waals surface area contributed by atoms with Crippen LogP contribution in [0.2, 0.25) is 0 Å². The summed E-state index contributed by atoms with van der Waals surface area (Å²) in [6, 6.07) is 3.60. The van der Waals surface area contributed by atoms with E-state index in [1.165, 1.54) is 18.9 Å². The van der Waals surface area contributed by atoms with Gasteiger partial charge in [-0.05, 0) is 31.4 Å². The lowest BCUT2D eigenvalue weighted by molar-refractivity contribution is -0.384. The number of amides is 1. The van der Waals surface area contributed by atoms with Gasteiger partial charge in [-0.3, -0.25) is 19.8 Å². The molecule has 1 aliphatic heterocycles. The molecule has 2 fully saturated rings. The topological polar surface area (TPSA) is 111 Å². The van der Waals surface area contributed by atoms with Gasteiger partial charge in [0, 0.05) is 31.7 Å². The molecule has 0 radical (unpaired) electrons. The predicted molar refractivity (Wildman–Crippen MR) is 88.9 cm³/mol. The van der Waals surface area contributed by atoms with Crippen LogP contribution in [0.4, 0.5) is 11.4 Å². The van der Waals surface area contributed by atoms with Gasteiger partial charge in [-0.25, -0.2) is 0 Å². The Bertz CT molecular complexity index is 660. The molecular formula is C16H22N4O4. The van der Waals surface area contributed by atoms with Crippen molar-refractivity contribution in [3.8, 4) is 0 Å². The molecule has 1 aromatic rings. The number of nitrogens with two attached hydrogens (primary N) is 1. The fourth-order valence-electron chi connectivity index (χ4n) is 3.06. The minimum atomic E-state index is -0.573. The molecule has 1 aromatic carbocycles. The molecule has 3 rings (SSSR count). The minimum Gasteiger partial charge on any atom is -0.393 e. The maximum atomic E-state index is 12.4. The maximum absolute atomic E-state index is 12.4. The molecule has 2 aliphatic rings. The lowest BCUT2D eigenvalue weighted by Crippen LogP contribution is -2.48. The summed E-state index contributed by atoms with van der Waals surface area (Å²) in [5.74, 6) is -0.411. The van der Waals surface area contributed by atoms with E-state index in [4.69, 9.17) is 10.5 Å². The highest BCUT2D eigenvalue weighted by Crippen LogP contribution is 2.28. The van der Waals surface area contributed by atoms with Crippen molar-refractivity contribution in [3.63, 3.8) is 0 Å². The maximum Gasteiger partial charge on any atom is 0.293 e. The Kier molecular flexibility index (Phi) is 4.68. The quantitative estimate of drug-likeness (QED) is 0.473. The summed E-state index contributed by atoms with van der Waals surface area (Å²) >= 11 is 0. The summed E-state index contributed by atoms with van der Waals surface area (Å²) in [6.45, 7) is 4.46. The fourth-order valence-corrected chi connectivity index (χ4v) is 3.06. The van der Waals surface area contributed by atoms with Crippen molar-refractivity contribution in [2.45, 2.75) is 31.9 Å². The van der Waals surface area contributed by atoms with Gasteiger partial charge in [-0.2, -0.15) is 0 Å². The lowest BCUT2D eigenvalue weighted by Gasteiger charge is -2.33. The van der Waals surface area contributed by atoms with Crippen LogP contribution in [0.25, 0.3) is 0 Å². The number of hydrogen-bond acceptors (Lipinski definition) is 6. The van der Waals surface area contributed by atoms with Gasteiger partial charge in [0.15, 0.2) is 0 Å². The van der Waals surface area contributed by atoms with E-state index >= 15 is 0 Å². The normalized spacial score (nSPS) is 21.5. The summed E-state index contributed by atoms with van der Waals surface area (Å²) in [4.78, 5) is 25.2. The number of nitro benzene ring substituents is 1. The van der Waals surface area contributed by atoms with Crippen LogP contribution in [0.15, 0.2) is 12.1 Å². The van der Waals surface area contributed by atoms with Crippen LogP contribution < -0.4 is 11.1 Å². The summed E-state index contributed by atoms with van der Waals surface area (Å²) in [7, 11) is 0. The summed E-state index contributed by atoms with van der Waals surface area (Å²) in [6.07, 6.45) is 2.41. The number of nitrogen functional groups attached to an aromatic ring is 1. The molecule has 1 aliphatic carbocycles. The Balaban J connectivity index is 1.63. The summed E-state index contributed by atoms with van der Waals surface area (Å²) in [5.41, 5.74) is 6.20. The molecule has 130 valence electrons. The van der Waals surface area contributed by atoms with Gasteiger partial charge in [0.1, 0.15) is 5.69 Å². The van der Waals surface area contributed by atoms with Gasteiger partial charge in [0.25, 0.3) is 11.6 Å². The van der Waals surface area contributed by atoms with Crippen molar-refractivity contribution in [1.82, 2.24) is 10.2 Å². The van der Waals surface area contributed by atoms with E-state index in [0.29, 0.717) is 24.8 Å². The van der Waals surface area contributed by atoms with Crippen molar-refractivity contribution in [1.29, 1.82) is 0 Å². The van der Waals surface area contributed by atoms with Crippen molar-refractivity contribution >= 4 is 17.3 Å². The number of morpholine rings is 1. The van der Waals surface area contributed by atoms with Gasteiger partial charge < -0.3 is 15.8 Å². The first-order valence-corrected chi connectivity index (χ1v) is 8.14. The fraction of sp³-hybridized carbons (Fsp3) is 0.562. The van der Waals surface area contributed by atoms with Crippen LogP contribution in [0.5, 0.6) is 0 Å². The number of hydrogen-bond donors (Lipinski definition) is 2. The average molecular weight is 334 g/mol. The number of aryl methyl sites for hydroxylation is 1. The predicted octanol–water partition coefficient (Wildman–Crippen LogP) is 1.08. The van der Waals surface area contributed by atoms with Crippen molar-refractivity contribution in [3.05, 3.63) is 33.4 Å². The van der Waals surface area contributed by atoms with Gasteiger partial charge in [-0.15, -0.1) is 0 Å². The summed E-state index contributed by atoms with van der Waals surface area (Å²) < 4.78 is 5.69. The number of nitro groups is 1. The van der Waals surface area contributed by atoms with Crippen molar-refractivity contribution in [2.75, 3.05) is 32.0 Å². The summed E-state index contributed by atoms with van der Waals surface area (Å²) in [5, 5.41) is 13.8. The van der Waals surface area contributed by atoms with Crippen LogP contribution in [0.3, 0.4) is 0 Å². The smallest absolute Gasteiger partial charge is 0.293 e. The van der Waals surface area contributed by atoms with E-state index in [-0.39, 0.29) is 23.0 Å².